The van der Waals surface area contributed by atoms with Crippen LogP contribution in [0.5, 0.6) is 0 Å². The summed E-state index contributed by atoms with van der Waals surface area (Å²) < 4.78 is 0. The summed E-state index contributed by atoms with van der Waals surface area (Å²) in [5.74, 6) is -1.26. The largest absolute Gasteiger partial charge is 0.480 e. The second-order valence-electron chi connectivity index (χ2n) is 5.45. The molecule has 0 aliphatic heterocycles. The monoisotopic (exact) mass is 294 g/mol. The van der Waals surface area contributed by atoms with Crippen molar-refractivity contribution in [3.05, 3.63) is 71.9 Å². The molecule has 1 aromatic heterocycles. The van der Waals surface area contributed by atoms with Crippen LogP contribution in [-0.4, -0.2) is 22.1 Å². The lowest BCUT2D eigenvalue weighted by atomic mass is 9.86. The Hall–Kier alpha value is -2.59. The summed E-state index contributed by atoms with van der Waals surface area (Å²) >= 11 is 0. The van der Waals surface area contributed by atoms with Crippen LogP contribution >= 0.6 is 0 Å². The molecule has 0 aliphatic rings. The van der Waals surface area contributed by atoms with Crippen LogP contribution in [0.25, 0.3) is 10.9 Å². The second kappa shape index (κ2) is 6.03. The van der Waals surface area contributed by atoms with Gasteiger partial charge < -0.3 is 15.8 Å². The minimum atomic E-state index is -0.980. The van der Waals surface area contributed by atoms with Crippen LogP contribution < -0.4 is 5.73 Å². The van der Waals surface area contributed by atoms with Gasteiger partial charge in [-0.1, -0.05) is 48.5 Å². The molecule has 22 heavy (non-hydrogen) atoms. The highest BCUT2D eigenvalue weighted by molar-refractivity contribution is 5.85. The van der Waals surface area contributed by atoms with Gasteiger partial charge in [-0.3, -0.25) is 4.79 Å². The lowest BCUT2D eigenvalue weighted by Gasteiger charge is -2.21. The maximum absolute atomic E-state index is 11.4. The van der Waals surface area contributed by atoms with Gasteiger partial charge in [-0.05, 0) is 23.6 Å². The topological polar surface area (TPSA) is 79.1 Å². The van der Waals surface area contributed by atoms with Crippen molar-refractivity contribution in [1.82, 2.24) is 4.98 Å². The Morgan fingerprint density at radius 3 is 2.50 bits per heavy atom. The number of para-hydroxylation sites is 1. The SMILES string of the molecule is N[C@H](C(=O)O)[C@@H](Cc1ccccc1)c1c[nH]c2ccccc12. The molecule has 1 heterocycles. The van der Waals surface area contributed by atoms with Gasteiger partial charge in [-0.2, -0.15) is 0 Å². The van der Waals surface area contributed by atoms with Crippen LogP contribution in [0.1, 0.15) is 17.0 Å². The highest BCUT2D eigenvalue weighted by Crippen LogP contribution is 2.30. The van der Waals surface area contributed by atoms with Crippen LogP contribution in [0.15, 0.2) is 60.8 Å². The van der Waals surface area contributed by atoms with E-state index in [4.69, 9.17) is 5.73 Å². The van der Waals surface area contributed by atoms with E-state index in [0.717, 1.165) is 22.0 Å². The van der Waals surface area contributed by atoms with Crippen LogP contribution in [-0.2, 0) is 11.2 Å². The highest BCUT2D eigenvalue weighted by Gasteiger charge is 2.28. The third-order valence-electron chi connectivity index (χ3n) is 4.04. The average Bonchev–Trinajstić information content (AvgIpc) is 2.97. The van der Waals surface area contributed by atoms with Crippen LogP contribution in [0.3, 0.4) is 0 Å². The predicted octanol–water partition coefficient (Wildman–Crippen LogP) is 2.91. The van der Waals surface area contributed by atoms with E-state index in [2.05, 4.69) is 4.98 Å². The number of carboxylic acid groups (broad SMARTS) is 1. The quantitative estimate of drug-likeness (QED) is 0.677. The van der Waals surface area contributed by atoms with Crippen molar-refractivity contribution in [2.45, 2.75) is 18.4 Å². The zero-order valence-electron chi connectivity index (χ0n) is 12.1. The number of aromatic amines is 1. The van der Waals surface area contributed by atoms with Gasteiger partial charge in [0.05, 0.1) is 0 Å². The van der Waals surface area contributed by atoms with Crippen LogP contribution in [0, 0.1) is 0 Å². The summed E-state index contributed by atoms with van der Waals surface area (Å²) in [7, 11) is 0. The van der Waals surface area contributed by atoms with Crippen molar-refractivity contribution in [3.8, 4) is 0 Å². The molecule has 3 rings (SSSR count). The Balaban J connectivity index is 2.03. The molecule has 112 valence electrons. The molecule has 4 heteroatoms. The zero-order chi connectivity index (χ0) is 15.5. The molecule has 0 fully saturated rings. The van der Waals surface area contributed by atoms with Crippen molar-refractivity contribution in [3.63, 3.8) is 0 Å². The van der Waals surface area contributed by atoms with Crippen molar-refractivity contribution in [1.29, 1.82) is 0 Å². The fraction of sp³-hybridized carbons (Fsp3) is 0.167. The summed E-state index contributed by atoms with van der Waals surface area (Å²) in [6.45, 7) is 0. The van der Waals surface area contributed by atoms with E-state index in [9.17, 15) is 9.90 Å². The smallest absolute Gasteiger partial charge is 0.321 e. The minimum Gasteiger partial charge on any atom is -0.480 e. The number of hydrogen-bond donors (Lipinski definition) is 3. The summed E-state index contributed by atoms with van der Waals surface area (Å²) in [6, 6.07) is 16.8. The maximum Gasteiger partial charge on any atom is 0.321 e. The molecule has 0 saturated heterocycles. The first-order valence-electron chi connectivity index (χ1n) is 7.25. The van der Waals surface area contributed by atoms with Crippen LogP contribution in [0.4, 0.5) is 0 Å². The Bertz CT molecular complexity index is 780. The molecule has 2 atom stereocenters. The molecule has 0 bridgehead atoms. The van der Waals surface area contributed by atoms with Crippen molar-refractivity contribution in [2.24, 2.45) is 5.73 Å². The van der Waals surface area contributed by atoms with Crippen molar-refractivity contribution >= 4 is 16.9 Å². The van der Waals surface area contributed by atoms with Crippen LogP contribution in [0.2, 0.25) is 0 Å². The Kier molecular flexibility index (Phi) is 3.94. The molecule has 0 unspecified atom stereocenters. The fourth-order valence-corrected chi connectivity index (χ4v) is 2.87. The highest BCUT2D eigenvalue weighted by atomic mass is 16.4. The number of rotatable bonds is 5. The number of fused-ring (bicyclic) bond motifs is 1. The Morgan fingerprint density at radius 2 is 1.77 bits per heavy atom. The number of nitrogens with one attached hydrogen (secondary N) is 1. The van der Waals surface area contributed by atoms with E-state index in [0.29, 0.717) is 6.42 Å². The van der Waals surface area contributed by atoms with E-state index >= 15 is 0 Å². The van der Waals surface area contributed by atoms with Gasteiger partial charge in [-0.15, -0.1) is 0 Å². The van der Waals surface area contributed by atoms with E-state index in [-0.39, 0.29) is 5.92 Å². The third-order valence-corrected chi connectivity index (χ3v) is 4.04. The van der Waals surface area contributed by atoms with Gasteiger partial charge >= 0.3 is 5.97 Å². The molecule has 0 amide bonds. The number of carbonyl (C=O) groups is 1. The van der Waals surface area contributed by atoms with Gasteiger partial charge in [0.1, 0.15) is 6.04 Å². The Morgan fingerprint density at radius 1 is 1.09 bits per heavy atom. The molecule has 2 aromatic carbocycles. The summed E-state index contributed by atoms with van der Waals surface area (Å²) in [4.78, 5) is 14.6. The molecule has 0 aliphatic carbocycles. The van der Waals surface area contributed by atoms with E-state index in [1.807, 2.05) is 60.8 Å². The van der Waals surface area contributed by atoms with E-state index < -0.39 is 12.0 Å². The normalized spacial score (nSPS) is 13.9. The Labute approximate surface area is 128 Å². The molecular formula is C18H18N2O2. The molecule has 0 saturated carbocycles. The number of carboxylic acids is 1. The first-order chi connectivity index (χ1) is 10.7. The maximum atomic E-state index is 11.4. The minimum absolute atomic E-state index is 0.281. The van der Waals surface area contributed by atoms with Gasteiger partial charge in [-0.25, -0.2) is 0 Å². The van der Waals surface area contributed by atoms with Crippen molar-refractivity contribution in [2.75, 3.05) is 0 Å². The predicted molar refractivity (Wildman–Crippen MR) is 86.8 cm³/mol. The lowest BCUT2D eigenvalue weighted by molar-refractivity contribution is -0.139. The number of aliphatic carboxylic acids is 1. The number of aromatic nitrogens is 1. The molecular weight excluding hydrogens is 276 g/mol. The number of hydrogen-bond acceptors (Lipinski definition) is 2. The summed E-state index contributed by atoms with van der Waals surface area (Å²) in [5, 5.41) is 10.4. The number of nitrogens with two attached hydrogens (primary N) is 1. The first kappa shape index (κ1) is 14.4. The fourth-order valence-electron chi connectivity index (χ4n) is 2.87. The summed E-state index contributed by atoms with van der Waals surface area (Å²) in [5.41, 5.74) is 9.00. The molecule has 3 aromatic rings. The molecule has 0 spiro atoms. The van der Waals surface area contributed by atoms with Gasteiger partial charge in [0.15, 0.2) is 0 Å². The molecule has 4 N–H and O–H groups in total. The van der Waals surface area contributed by atoms with Crippen molar-refractivity contribution < 1.29 is 9.90 Å². The summed E-state index contributed by atoms with van der Waals surface area (Å²) in [6.07, 6.45) is 2.47. The third kappa shape index (κ3) is 2.73. The average molecular weight is 294 g/mol. The van der Waals surface area contributed by atoms with E-state index in [1.165, 1.54) is 0 Å². The van der Waals surface area contributed by atoms with Gasteiger partial charge in [0.2, 0.25) is 0 Å². The zero-order valence-corrected chi connectivity index (χ0v) is 12.1. The molecule has 4 nitrogen and oxygen atoms in total. The number of benzene rings is 2. The van der Waals surface area contributed by atoms with Gasteiger partial charge in [0, 0.05) is 23.0 Å². The second-order valence-corrected chi connectivity index (χ2v) is 5.45. The lowest BCUT2D eigenvalue weighted by Crippen LogP contribution is -2.37. The van der Waals surface area contributed by atoms with Gasteiger partial charge in [0.25, 0.3) is 0 Å². The number of H-pyrrole nitrogens is 1. The van der Waals surface area contributed by atoms with E-state index in [1.54, 1.807) is 0 Å². The molecule has 0 radical (unpaired) electrons. The standard InChI is InChI=1S/C18H18N2O2/c19-17(18(21)22)14(10-12-6-2-1-3-7-12)15-11-20-16-9-5-4-8-13(15)16/h1-9,11,14,17,20H,10,19H2,(H,21,22)/t14-,17-/m0/s1. The first-order valence-corrected chi connectivity index (χ1v) is 7.25.